The highest BCUT2D eigenvalue weighted by Crippen LogP contribution is 2.18. The van der Waals surface area contributed by atoms with Crippen molar-refractivity contribution in [1.29, 1.82) is 0 Å². The summed E-state index contributed by atoms with van der Waals surface area (Å²) in [4.78, 5) is 28.9. The van der Waals surface area contributed by atoms with Gasteiger partial charge in [0.25, 0.3) is 11.8 Å². The minimum Gasteiger partial charge on any atom is -0.351 e. The Hall–Kier alpha value is -2.63. The van der Waals surface area contributed by atoms with Crippen molar-refractivity contribution in [1.82, 2.24) is 14.4 Å². The van der Waals surface area contributed by atoms with E-state index in [4.69, 9.17) is 0 Å². The van der Waals surface area contributed by atoms with Gasteiger partial charge in [0.2, 0.25) is 0 Å². The summed E-state index contributed by atoms with van der Waals surface area (Å²) < 4.78 is 15.4. The van der Waals surface area contributed by atoms with Crippen molar-refractivity contribution < 1.29 is 14.0 Å². The molecule has 5 nitrogen and oxygen atoms in total. The molecule has 26 heavy (non-hydrogen) atoms. The fourth-order valence-electron chi connectivity index (χ4n) is 3.32. The van der Waals surface area contributed by atoms with Gasteiger partial charge in [-0.3, -0.25) is 9.59 Å². The number of benzene rings is 1. The Kier molecular flexibility index (Phi) is 4.85. The van der Waals surface area contributed by atoms with E-state index in [0.29, 0.717) is 37.3 Å². The number of amides is 2. The van der Waals surface area contributed by atoms with Crippen LogP contribution in [0.1, 0.15) is 37.7 Å². The molecule has 1 aromatic carbocycles. The Balaban J connectivity index is 1.66. The second-order valence-electron chi connectivity index (χ2n) is 6.89. The highest BCUT2D eigenvalue weighted by molar-refractivity contribution is 5.97. The van der Waals surface area contributed by atoms with Crippen molar-refractivity contribution in [3.63, 3.8) is 0 Å². The van der Waals surface area contributed by atoms with Crippen molar-refractivity contribution in [2.75, 3.05) is 26.2 Å². The molecule has 1 saturated heterocycles. The number of piperazine rings is 1. The first-order valence-corrected chi connectivity index (χ1v) is 8.77. The molecule has 0 spiro atoms. The van der Waals surface area contributed by atoms with Crippen LogP contribution in [-0.4, -0.2) is 52.4 Å². The van der Waals surface area contributed by atoms with Gasteiger partial charge in [-0.1, -0.05) is 0 Å². The van der Waals surface area contributed by atoms with Crippen LogP contribution in [0.5, 0.6) is 0 Å². The average molecular weight is 357 g/mol. The van der Waals surface area contributed by atoms with Gasteiger partial charge in [-0.2, -0.15) is 0 Å². The van der Waals surface area contributed by atoms with Crippen LogP contribution in [0.3, 0.4) is 0 Å². The lowest BCUT2D eigenvalue weighted by molar-refractivity contribution is 0.0535. The predicted octanol–water partition coefficient (Wildman–Crippen LogP) is 2.69. The highest BCUT2D eigenvalue weighted by Gasteiger charge is 2.27. The number of hydrogen-bond acceptors (Lipinski definition) is 2. The molecule has 2 aromatic rings. The van der Waals surface area contributed by atoms with Crippen molar-refractivity contribution >= 4 is 11.8 Å². The van der Waals surface area contributed by atoms with Gasteiger partial charge >= 0.3 is 0 Å². The van der Waals surface area contributed by atoms with Gasteiger partial charge in [0.05, 0.1) is 5.56 Å². The summed E-state index contributed by atoms with van der Waals surface area (Å²) in [5, 5.41) is 0. The van der Waals surface area contributed by atoms with E-state index in [1.54, 1.807) is 22.8 Å². The van der Waals surface area contributed by atoms with E-state index < -0.39 is 0 Å². The van der Waals surface area contributed by atoms with Crippen LogP contribution in [0.4, 0.5) is 4.39 Å². The molecule has 3 rings (SSSR count). The number of rotatable bonds is 2. The van der Waals surface area contributed by atoms with E-state index in [1.807, 2.05) is 31.5 Å². The largest absolute Gasteiger partial charge is 0.351 e. The van der Waals surface area contributed by atoms with E-state index in [-0.39, 0.29) is 17.6 Å². The molecule has 0 unspecified atom stereocenters. The van der Waals surface area contributed by atoms with E-state index in [0.717, 1.165) is 17.0 Å². The van der Waals surface area contributed by atoms with Crippen LogP contribution in [0.2, 0.25) is 0 Å². The Morgan fingerprint density at radius 1 is 0.923 bits per heavy atom. The molecule has 0 saturated carbocycles. The van der Waals surface area contributed by atoms with Crippen molar-refractivity contribution in [2.24, 2.45) is 7.05 Å². The standard InChI is InChI=1S/C20H24FN3O2/c1-13-11-16(5-6-18(13)21)19(25)23-7-9-24(10-8-23)20(26)17-12-14(2)22(4)15(17)3/h5-6,11-12H,7-10H2,1-4H3. The molecular formula is C20H24FN3O2. The molecule has 0 atom stereocenters. The van der Waals surface area contributed by atoms with Crippen LogP contribution in [0, 0.1) is 26.6 Å². The van der Waals surface area contributed by atoms with E-state index in [1.165, 1.54) is 12.1 Å². The Bertz CT molecular complexity index is 864. The molecule has 0 bridgehead atoms. The maximum atomic E-state index is 13.4. The fraction of sp³-hybridized carbons (Fsp3) is 0.400. The maximum Gasteiger partial charge on any atom is 0.255 e. The smallest absolute Gasteiger partial charge is 0.255 e. The first-order chi connectivity index (χ1) is 12.3. The van der Waals surface area contributed by atoms with Gasteiger partial charge in [0.15, 0.2) is 0 Å². The molecule has 0 N–H and O–H groups in total. The quantitative estimate of drug-likeness (QED) is 0.830. The topological polar surface area (TPSA) is 45.6 Å². The van der Waals surface area contributed by atoms with E-state index >= 15 is 0 Å². The SMILES string of the molecule is Cc1cc(C(=O)N2CCN(C(=O)c3cc(C)n(C)c3C)CC2)ccc1F. The summed E-state index contributed by atoms with van der Waals surface area (Å²) >= 11 is 0. The summed E-state index contributed by atoms with van der Waals surface area (Å²) in [7, 11) is 1.95. The summed E-state index contributed by atoms with van der Waals surface area (Å²) in [6, 6.07) is 6.32. The van der Waals surface area contributed by atoms with Gasteiger partial charge in [-0.05, 0) is 50.6 Å². The number of carbonyl (C=O) groups excluding carboxylic acids is 2. The van der Waals surface area contributed by atoms with Gasteiger partial charge < -0.3 is 14.4 Å². The lowest BCUT2D eigenvalue weighted by Gasteiger charge is -2.35. The normalized spacial score (nSPS) is 14.7. The maximum absolute atomic E-state index is 13.4. The van der Waals surface area contributed by atoms with Crippen LogP contribution in [0.15, 0.2) is 24.3 Å². The van der Waals surface area contributed by atoms with Gasteiger partial charge in [-0.15, -0.1) is 0 Å². The third kappa shape index (κ3) is 3.23. The zero-order valence-electron chi connectivity index (χ0n) is 15.7. The number of halogens is 1. The zero-order chi connectivity index (χ0) is 19.0. The van der Waals surface area contributed by atoms with Crippen molar-refractivity contribution in [2.45, 2.75) is 20.8 Å². The third-order valence-electron chi connectivity index (χ3n) is 5.26. The summed E-state index contributed by atoms with van der Waals surface area (Å²) in [6.45, 7) is 7.52. The lowest BCUT2D eigenvalue weighted by Crippen LogP contribution is -2.50. The van der Waals surface area contributed by atoms with Gasteiger partial charge in [-0.25, -0.2) is 4.39 Å². The summed E-state index contributed by atoms with van der Waals surface area (Å²) in [5.41, 5.74) is 3.66. The molecular weight excluding hydrogens is 333 g/mol. The number of aromatic nitrogens is 1. The molecule has 1 fully saturated rings. The van der Waals surface area contributed by atoms with Crippen molar-refractivity contribution in [3.05, 3.63) is 58.2 Å². The lowest BCUT2D eigenvalue weighted by atomic mass is 10.1. The van der Waals surface area contributed by atoms with E-state index in [9.17, 15) is 14.0 Å². The molecule has 0 aliphatic carbocycles. The first-order valence-electron chi connectivity index (χ1n) is 8.77. The minimum absolute atomic E-state index is 0.0101. The van der Waals surface area contributed by atoms with Crippen molar-refractivity contribution in [3.8, 4) is 0 Å². The molecule has 2 heterocycles. The number of nitrogens with zero attached hydrogens (tertiary/aromatic N) is 3. The Morgan fingerprint density at radius 2 is 1.50 bits per heavy atom. The summed E-state index contributed by atoms with van der Waals surface area (Å²) in [5.74, 6) is -0.423. The van der Waals surface area contributed by atoms with Crippen LogP contribution in [0.25, 0.3) is 0 Å². The second kappa shape index (κ2) is 6.94. The van der Waals surface area contributed by atoms with Crippen LogP contribution < -0.4 is 0 Å². The summed E-state index contributed by atoms with van der Waals surface area (Å²) in [6.07, 6.45) is 0. The van der Waals surface area contributed by atoms with Gasteiger partial charge in [0, 0.05) is 50.2 Å². The van der Waals surface area contributed by atoms with Crippen LogP contribution >= 0.6 is 0 Å². The zero-order valence-corrected chi connectivity index (χ0v) is 15.7. The molecule has 1 aliphatic rings. The molecule has 1 aromatic heterocycles. The molecule has 1 aliphatic heterocycles. The highest BCUT2D eigenvalue weighted by atomic mass is 19.1. The number of hydrogen-bond donors (Lipinski definition) is 0. The first kappa shape index (κ1) is 18.2. The predicted molar refractivity (Wildman–Crippen MR) is 97.8 cm³/mol. The number of aryl methyl sites for hydroxylation is 2. The Labute approximate surface area is 153 Å². The molecule has 0 radical (unpaired) electrons. The molecule has 138 valence electrons. The average Bonchev–Trinajstić information content (AvgIpc) is 2.90. The van der Waals surface area contributed by atoms with Gasteiger partial charge in [0.1, 0.15) is 5.82 Å². The number of carbonyl (C=O) groups is 2. The molecule has 2 amide bonds. The second-order valence-corrected chi connectivity index (χ2v) is 6.89. The third-order valence-corrected chi connectivity index (χ3v) is 5.26. The molecule has 6 heteroatoms. The minimum atomic E-state index is -0.314. The Morgan fingerprint density at radius 3 is 2.00 bits per heavy atom. The fourth-order valence-corrected chi connectivity index (χ4v) is 3.32. The van der Waals surface area contributed by atoms with Crippen LogP contribution in [-0.2, 0) is 7.05 Å². The van der Waals surface area contributed by atoms with E-state index in [2.05, 4.69) is 0 Å². The monoisotopic (exact) mass is 357 g/mol.